The third-order valence-corrected chi connectivity index (χ3v) is 2.55. The van der Waals surface area contributed by atoms with Gasteiger partial charge in [-0.25, -0.2) is 4.79 Å². The Hall–Kier alpha value is -1.29. The number of aryl methyl sites for hydroxylation is 1. The van der Waals surface area contributed by atoms with Crippen molar-refractivity contribution in [1.29, 1.82) is 0 Å². The summed E-state index contributed by atoms with van der Waals surface area (Å²) in [6.45, 7) is 1.75. The average Bonchev–Trinajstić information content (AvgIpc) is 2.75. The van der Waals surface area contributed by atoms with E-state index in [1.165, 1.54) is 7.11 Å². The fourth-order valence-corrected chi connectivity index (χ4v) is 1.54. The van der Waals surface area contributed by atoms with Gasteiger partial charge in [-0.1, -0.05) is 0 Å². The average molecular weight is 195 g/mol. The highest BCUT2D eigenvalue weighted by atomic mass is 16.5. The Morgan fingerprint density at radius 2 is 2.36 bits per heavy atom. The molecule has 4 nitrogen and oxygen atoms in total. The first-order valence-electron chi connectivity index (χ1n) is 4.57. The maximum absolute atomic E-state index is 11.3. The summed E-state index contributed by atoms with van der Waals surface area (Å²) in [7, 11) is 1.36. The minimum Gasteiger partial charge on any atom is -0.465 e. The second-order valence-electron chi connectivity index (χ2n) is 3.62. The van der Waals surface area contributed by atoms with Gasteiger partial charge >= 0.3 is 5.97 Å². The van der Waals surface area contributed by atoms with E-state index in [4.69, 9.17) is 10.2 Å². The zero-order chi connectivity index (χ0) is 10.3. The molecule has 1 aliphatic rings. The number of esters is 1. The highest BCUT2D eigenvalue weighted by Crippen LogP contribution is 2.40. The second kappa shape index (κ2) is 3.13. The Morgan fingerprint density at radius 3 is 2.86 bits per heavy atom. The van der Waals surface area contributed by atoms with Crippen LogP contribution in [0.4, 0.5) is 0 Å². The molecule has 0 unspecified atom stereocenters. The molecule has 4 heteroatoms. The van der Waals surface area contributed by atoms with Crippen molar-refractivity contribution in [2.75, 3.05) is 7.11 Å². The number of carbonyl (C=O) groups is 1. The number of nitrogens with two attached hydrogens (primary N) is 1. The Balaban J connectivity index is 2.25. The van der Waals surface area contributed by atoms with Gasteiger partial charge in [-0.05, 0) is 19.4 Å². The number of hydrogen-bond donors (Lipinski definition) is 1. The predicted molar refractivity (Wildman–Crippen MR) is 50.1 cm³/mol. The molecular weight excluding hydrogens is 182 g/mol. The number of methoxy groups -OCH3 is 1. The Bertz CT molecular complexity index is 369. The third-order valence-electron chi connectivity index (χ3n) is 2.55. The number of rotatable bonds is 2. The maximum Gasteiger partial charge on any atom is 0.341 e. The minimum atomic E-state index is -0.355. The van der Waals surface area contributed by atoms with E-state index in [1.54, 1.807) is 13.0 Å². The molecule has 0 amide bonds. The van der Waals surface area contributed by atoms with Gasteiger partial charge < -0.3 is 14.9 Å². The van der Waals surface area contributed by atoms with Crippen molar-refractivity contribution in [3.63, 3.8) is 0 Å². The smallest absolute Gasteiger partial charge is 0.341 e. The zero-order valence-electron chi connectivity index (χ0n) is 8.24. The van der Waals surface area contributed by atoms with E-state index >= 15 is 0 Å². The van der Waals surface area contributed by atoms with Gasteiger partial charge in [-0.2, -0.15) is 0 Å². The molecule has 0 spiro atoms. The van der Waals surface area contributed by atoms with Crippen molar-refractivity contribution in [2.24, 2.45) is 5.73 Å². The Kier molecular flexibility index (Phi) is 2.07. The summed E-state index contributed by atoms with van der Waals surface area (Å²) in [5.41, 5.74) is 6.19. The van der Waals surface area contributed by atoms with Crippen molar-refractivity contribution in [3.8, 4) is 0 Å². The molecule has 76 valence electrons. The molecule has 1 aliphatic carbocycles. The maximum atomic E-state index is 11.3. The van der Waals surface area contributed by atoms with E-state index in [9.17, 15) is 4.79 Å². The fourth-order valence-electron chi connectivity index (χ4n) is 1.54. The van der Waals surface area contributed by atoms with Gasteiger partial charge in [-0.3, -0.25) is 0 Å². The summed E-state index contributed by atoms with van der Waals surface area (Å²) in [4.78, 5) is 11.3. The lowest BCUT2D eigenvalue weighted by atomic mass is 10.2. The summed E-state index contributed by atoms with van der Waals surface area (Å²) in [5, 5.41) is 0. The summed E-state index contributed by atoms with van der Waals surface area (Å²) in [6, 6.07) is 1.92. The molecule has 0 aliphatic heterocycles. The van der Waals surface area contributed by atoms with E-state index in [0.717, 1.165) is 12.2 Å². The normalized spacial score (nSPS) is 24.8. The van der Waals surface area contributed by atoms with Crippen LogP contribution >= 0.6 is 0 Å². The van der Waals surface area contributed by atoms with Crippen molar-refractivity contribution in [2.45, 2.75) is 25.3 Å². The first-order chi connectivity index (χ1) is 6.63. The SMILES string of the molecule is COC(=O)c1cc([C@@H]2C[C@H]2N)oc1C. The second-order valence-corrected chi connectivity index (χ2v) is 3.62. The molecule has 1 fully saturated rings. The van der Waals surface area contributed by atoms with Crippen molar-refractivity contribution in [1.82, 2.24) is 0 Å². The van der Waals surface area contributed by atoms with Gasteiger partial charge in [0.15, 0.2) is 0 Å². The van der Waals surface area contributed by atoms with Crippen molar-refractivity contribution >= 4 is 5.97 Å². The van der Waals surface area contributed by atoms with Crippen LogP contribution in [0.3, 0.4) is 0 Å². The van der Waals surface area contributed by atoms with Crippen molar-refractivity contribution in [3.05, 3.63) is 23.2 Å². The van der Waals surface area contributed by atoms with Crippen molar-refractivity contribution < 1.29 is 13.9 Å². The topological polar surface area (TPSA) is 65.5 Å². The number of carbonyl (C=O) groups excluding carboxylic acids is 1. The van der Waals surface area contributed by atoms with Crippen LogP contribution in [0, 0.1) is 6.92 Å². The molecule has 0 bridgehead atoms. The van der Waals surface area contributed by atoms with Gasteiger partial charge in [-0.15, -0.1) is 0 Å². The molecule has 1 saturated carbocycles. The quantitative estimate of drug-likeness (QED) is 0.720. The van der Waals surface area contributed by atoms with Crippen LogP contribution in [0.5, 0.6) is 0 Å². The van der Waals surface area contributed by atoms with E-state index in [-0.39, 0.29) is 17.9 Å². The largest absolute Gasteiger partial charge is 0.465 e. The molecule has 0 radical (unpaired) electrons. The fraction of sp³-hybridized carbons (Fsp3) is 0.500. The van der Waals surface area contributed by atoms with Crippen LogP contribution in [0.1, 0.15) is 34.2 Å². The van der Waals surface area contributed by atoms with E-state index in [0.29, 0.717) is 11.3 Å². The molecule has 2 N–H and O–H groups in total. The predicted octanol–water partition coefficient (Wildman–Crippen LogP) is 1.19. The monoisotopic (exact) mass is 195 g/mol. The molecule has 0 aromatic carbocycles. The Labute approximate surface area is 82.0 Å². The standard InChI is InChI=1S/C10H13NO3/c1-5-6(10(12)13-2)4-9(14-5)7-3-8(7)11/h4,7-8H,3,11H2,1-2H3/t7-,8-/m1/s1. The molecule has 1 aromatic rings. The number of ether oxygens (including phenoxy) is 1. The number of furan rings is 1. The summed E-state index contributed by atoms with van der Waals surface area (Å²) >= 11 is 0. The van der Waals surface area contributed by atoms with E-state index in [2.05, 4.69) is 4.74 Å². The lowest BCUT2D eigenvalue weighted by Gasteiger charge is -1.93. The number of hydrogen-bond acceptors (Lipinski definition) is 4. The summed E-state index contributed by atoms with van der Waals surface area (Å²) in [6.07, 6.45) is 0.938. The summed E-state index contributed by atoms with van der Waals surface area (Å²) in [5.74, 6) is 1.33. The lowest BCUT2D eigenvalue weighted by molar-refractivity contribution is 0.0599. The van der Waals surface area contributed by atoms with Crippen LogP contribution in [0.15, 0.2) is 10.5 Å². The molecule has 1 aromatic heterocycles. The van der Waals surface area contributed by atoms with Crippen LogP contribution in [-0.2, 0) is 4.74 Å². The minimum absolute atomic E-state index is 0.186. The molecule has 0 saturated heterocycles. The molecule has 14 heavy (non-hydrogen) atoms. The van der Waals surface area contributed by atoms with Gasteiger partial charge in [0, 0.05) is 12.0 Å². The van der Waals surface area contributed by atoms with Crippen LogP contribution in [-0.4, -0.2) is 19.1 Å². The van der Waals surface area contributed by atoms with Crippen LogP contribution < -0.4 is 5.73 Å². The van der Waals surface area contributed by atoms with Gasteiger partial charge in [0.2, 0.25) is 0 Å². The first kappa shape index (κ1) is 9.27. The van der Waals surface area contributed by atoms with Crippen LogP contribution in [0.2, 0.25) is 0 Å². The highest BCUT2D eigenvalue weighted by Gasteiger charge is 2.38. The molecule has 1 heterocycles. The highest BCUT2D eigenvalue weighted by molar-refractivity contribution is 5.90. The third kappa shape index (κ3) is 1.42. The van der Waals surface area contributed by atoms with E-state index in [1.807, 2.05) is 0 Å². The van der Waals surface area contributed by atoms with Gasteiger partial charge in [0.05, 0.1) is 7.11 Å². The lowest BCUT2D eigenvalue weighted by Crippen LogP contribution is -2.01. The molecule has 2 rings (SSSR count). The van der Waals surface area contributed by atoms with E-state index < -0.39 is 0 Å². The molecule has 2 atom stereocenters. The first-order valence-corrected chi connectivity index (χ1v) is 4.57. The van der Waals surface area contributed by atoms with Crippen LogP contribution in [0.25, 0.3) is 0 Å². The zero-order valence-corrected chi connectivity index (χ0v) is 8.24. The van der Waals surface area contributed by atoms with Gasteiger partial charge in [0.25, 0.3) is 0 Å². The molecular formula is C10H13NO3. The summed E-state index contributed by atoms with van der Waals surface area (Å²) < 4.78 is 10.1. The van der Waals surface area contributed by atoms with Gasteiger partial charge in [0.1, 0.15) is 17.1 Å². The Morgan fingerprint density at radius 1 is 1.71 bits per heavy atom.